The van der Waals surface area contributed by atoms with Crippen LogP contribution in [0.2, 0.25) is 0 Å². The number of furan rings is 1. The Morgan fingerprint density at radius 3 is 2.78 bits per heavy atom. The maximum absolute atomic E-state index is 5.49. The molecule has 3 nitrogen and oxygen atoms in total. The van der Waals surface area contributed by atoms with E-state index in [1.807, 2.05) is 12.3 Å². The molecule has 18 heavy (non-hydrogen) atoms. The monoisotopic (exact) mass is 244 g/mol. The van der Waals surface area contributed by atoms with E-state index in [1.54, 1.807) is 6.26 Å². The predicted octanol–water partition coefficient (Wildman–Crippen LogP) is 2.94. The van der Waals surface area contributed by atoms with Crippen molar-refractivity contribution < 1.29 is 4.42 Å². The van der Waals surface area contributed by atoms with E-state index in [4.69, 9.17) is 4.42 Å². The van der Waals surface area contributed by atoms with Gasteiger partial charge in [-0.2, -0.15) is 0 Å². The van der Waals surface area contributed by atoms with Gasteiger partial charge in [-0.05, 0) is 30.7 Å². The van der Waals surface area contributed by atoms with Crippen LogP contribution in [-0.2, 0) is 19.4 Å². The molecule has 0 spiro atoms. The van der Waals surface area contributed by atoms with Gasteiger partial charge < -0.3 is 9.73 Å². The number of nitrogens with one attached hydrogen (secondary N) is 1. The number of aryl methyl sites for hydroxylation is 1. The average molecular weight is 244 g/mol. The zero-order chi connectivity index (χ0) is 12.8. The highest BCUT2D eigenvalue weighted by Crippen LogP contribution is 2.15. The lowest BCUT2D eigenvalue weighted by Gasteiger charge is -2.04. The molecule has 0 saturated carbocycles. The summed E-state index contributed by atoms with van der Waals surface area (Å²) in [6.07, 6.45) is 5.58. The molecule has 2 heterocycles. The van der Waals surface area contributed by atoms with Gasteiger partial charge in [-0.3, -0.25) is 4.98 Å². The van der Waals surface area contributed by atoms with Crippen LogP contribution in [-0.4, -0.2) is 11.5 Å². The van der Waals surface area contributed by atoms with E-state index in [-0.39, 0.29) is 0 Å². The van der Waals surface area contributed by atoms with Crippen LogP contribution in [0.3, 0.4) is 0 Å². The molecule has 0 amide bonds. The van der Waals surface area contributed by atoms with Crippen molar-refractivity contribution in [3.63, 3.8) is 0 Å². The minimum absolute atomic E-state index is 0.784. The van der Waals surface area contributed by atoms with Gasteiger partial charge >= 0.3 is 0 Å². The van der Waals surface area contributed by atoms with Crippen molar-refractivity contribution in [3.05, 3.63) is 53.2 Å². The number of rotatable bonds is 6. The molecule has 0 atom stereocenters. The standard InChI is InChI=1S/C15H20N2O/c1-3-12-5-6-14(17-10-12)9-13-7-8-18-15(13)11-16-4-2/h5-8,10,16H,3-4,9,11H2,1-2H3. The van der Waals surface area contributed by atoms with E-state index in [9.17, 15) is 0 Å². The Labute approximate surface area is 108 Å². The summed E-state index contributed by atoms with van der Waals surface area (Å²) in [5.41, 5.74) is 3.58. The summed E-state index contributed by atoms with van der Waals surface area (Å²) in [5.74, 6) is 1.01. The smallest absolute Gasteiger partial charge is 0.121 e. The van der Waals surface area contributed by atoms with Crippen LogP contribution in [0.5, 0.6) is 0 Å². The van der Waals surface area contributed by atoms with Crippen LogP contribution in [0.15, 0.2) is 35.1 Å². The van der Waals surface area contributed by atoms with Gasteiger partial charge in [0.2, 0.25) is 0 Å². The van der Waals surface area contributed by atoms with E-state index >= 15 is 0 Å². The third-order valence-corrected chi connectivity index (χ3v) is 3.04. The van der Waals surface area contributed by atoms with Crippen LogP contribution in [0, 0.1) is 0 Å². The third kappa shape index (κ3) is 3.20. The summed E-state index contributed by atoms with van der Waals surface area (Å²) in [6.45, 7) is 5.96. The molecule has 3 heteroatoms. The summed E-state index contributed by atoms with van der Waals surface area (Å²) in [4.78, 5) is 4.48. The summed E-state index contributed by atoms with van der Waals surface area (Å²) < 4.78 is 5.49. The number of hydrogen-bond acceptors (Lipinski definition) is 3. The molecule has 1 N–H and O–H groups in total. The van der Waals surface area contributed by atoms with E-state index in [0.29, 0.717) is 0 Å². The lowest BCUT2D eigenvalue weighted by atomic mass is 10.1. The highest BCUT2D eigenvalue weighted by molar-refractivity contribution is 5.25. The second-order valence-corrected chi connectivity index (χ2v) is 4.34. The fourth-order valence-corrected chi connectivity index (χ4v) is 1.88. The van der Waals surface area contributed by atoms with Crippen LogP contribution < -0.4 is 5.32 Å². The SMILES string of the molecule is CCNCc1occc1Cc1ccc(CC)cn1. The summed E-state index contributed by atoms with van der Waals surface area (Å²) in [7, 11) is 0. The molecule has 0 fully saturated rings. The molecular formula is C15H20N2O. The van der Waals surface area contributed by atoms with Crippen LogP contribution in [0.4, 0.5) is 0 Å². The first kappa shape index (κ1) is 12.8. The Morgan fingerprint density at radius 2 is 2.11 bits per heavy atom. The second kappa shape index (κ2) is 6.36. The molecule has 0 radical (unpaired) electrons. The molecule has 0 aliphatic rings. The maximum Gasteiger partial charge on any atom is 0.121 e. The zero-order valence-corrected chi connectivity index (χ0v) is 11.1. The lowest BCUT2D eigenvalue weighted by molar-refractivity contribution is 0.483. The van der Waals surface area contributed by atoms with Gasteiger partial charge in [0, 0.05) is 23.9 Å². The van der Waals surface area contributed by atoms with Crippen molar-refractivity contribution in [1.29, 1.82) is 0 Å². The van der Waals surface area contributed by atoms with Gasteiger partial charge in [-0.25, -0.2) is 0 Å². The molecule has 0 aliphatic carbocycles. The minimum Gasteiger partial charge on any atom is -0.468 e. The zero-order valence-electron chi connectivity index (χ0n) is 11.1. The first-order chi connectivity index (χ1) is 8.83. The average Bonchev–Trinajstić information content (AvgIpc) is 2.84. The van der Waals surface area contributed by atoms with Gasteiger partial charge in [0.05, 0.1) is 12.8 Å². The Bertz CT molecular complexity index is 473. The van der Waals surface area contributed by atoms with E-state index < -0.39 is 0 Å². The number of aromatic nitrogens is 1. The first-order valence-electron chi connectivity index (χ1n) is 6.53. The van der Waals surface area contributed by atoms with Crippen LogP contribution in [0.1, 0.15) is 36.4 Å². The minimum atomic E-state index is 0.784. The Kier molecular flexibility index (Phi) is 4.53. The Balaban J connectivity index is 2.05. The summed E-state index contributed by atoms with van der Waals surface area (Å²) >= 11 is 0. The molecule has 0 bridgehead atoms. The molecule has 2 aromatic heterocycles. The Morgan fingerprint density at radius 1 is 1.22 bits per heavy atom. The van der Waals surface area contributed by atoms with E-state index in [2.05, 4.69) is 36.3 Å². The predicted molar refractivity (Wildman–Crippen MR) is 72.5 cm³/mol. The van der Waals surface area contributed by atoms with E-state index in [1.165, 1.54) is 11.1 Å². The topological polar surface area (TPSA) is 38.1 Å². The van der Waals surface area contributed by atoms with Crippen LogP contribution >= 0.6 is 0 Å². The first-order valence-corrected chi connectivity index (χ1v) is 6.53. The highest BCUT2D eigenvalue weighted by Gasteiger charge is 2.07. The molecule has 0 aromatic carbocycles. The van der Waals surface area contributed by atoms with Crippen molar-refractivity contribution in [2.45, 2.75) is 33.2 Å². The second-order valence-electron chi connectivity index (χ2n) is 4.34. The number of hydrogen-bond donors (Lipinski definition) is 1. The largest absolute Gasteiger partial charge is 0.468 e. The quantitative estimate of drug-likeness (QED) is 0.849. The highest BCUT2D eigenvalue weighted by atomic mass is 16.3. The van der Waals surface area contributed by atoms with Gasteiger partial charge in [0.25, 0.3) is 0 Å². The molecule has 2 aromatic rings. The van der Waals surface area contributed by atoms with Crippen molar-refractivity contribution >= 4 is 0 Å². The van der Waals surface area contributed by atoms with E-state index in [0.717, 1.165) is 37.4 Å². The maximum atomic E-state index is 5.49. The number of pyridine rings is 1. The lowest BCUT2D eigenvalue weighted by Crippen LogP contribution is -2.12. The molecule has 96 valence electrons. The van der Waals surface area contributed by atoms with Crippen molar-refractivity contribution in [2.24, 2.45) is 0 Å². The fourth-order valence-electron chi connectivity index (χ4n) is 1.88. The number of nitrogens with zero attached hydrogens (tertiary/aromatic N) is 1. The van der Waals surface area contributed by atoms with Crippen molar-refractivity contribution in [2.75, 3.05) is 6.54 Å². The van der Waals surface area contributed by atoms with Gasteiger partial charge in [-0.1, -0.05) is 19.9 Å². The van der Waals surface area contributed by atoms with Crippen molar-refractivity contribution in [1.82, 2.24) is 10.3 Å². The van der Waals surface area contributed by atoms with Gasteiger partial charge in [0.15, 0.2) is 0 Å². The van der Waals surface area contributed by atoms with Crippen molar-refractivity contribution in [3.8, 4) is 0 Å². The molecule has 0 saturated heterocycles. The summed E-state index contributed by atoms with van der Waals surface area (Å²) in [5, 5.41) is 3.28. The fraction of sp³-hybridized carbons (Fsp3) is 0.400. The summed E-state index contributed by atoms with van der Waals surface area (Å²) in [6, 6.07) is 6.28. The normalized spacial score (nSPS) is 10.8. The van der Waals surface area contributed by atoms with Crippen LogP contribution in [0.25, 0.3) is 0 Å². The third-order valence-electron chi connectivity index (χ3n) is 3.04. The van der Waals surface area contributed by atoms with Gasteiger partial charge in [-0.15, -0.1) is 0 Å². The molecular weight excluding hydrogens is 224 g/mol. The Hall–Kier alpha value is -1.61. The molecule has 0 unspecified atom stereocenters. The molecule has 2 rings (SSSR count). The van der Waals surface area contributed by atoms with Gasteiger partial charge in [0.1, 0.15) is 5.76 Å². The molecule has 0 aliphatic heterocycles.